The number of carbonyl (C=O) groups is 2. The Kier molecular flexibility index (Phi) is 4.04. The molecule has 5 nitrogen and oxygen atoms in total. The number of carboxylic acid groups (broad SMARTS) is 1. The van der Waals surface area contributed by atoms with Crippen LogP contribution in [-0.2, 0) is 4.79 Å². The summed E-state index contributed by atoms with van der Waals surface area (Å²) in [7, 11) is 0. The van der Waals surface area contributed by atoms with Crippen molar-refractivity contribution >= 4 is 23.8 Å². The van der Waals surface area contributed by atoms with Crippen LogP contribution >= 0.6 is 11.8 Å². The van der Waals surface area contributed by atoms with E-state index in [4.69, 9.17) is 0 Å². The van der Waals surface area contributed by atoms with E-state index >= 15 is 0 Å². The van der Waals surface area contributed by atoms with E-state index in [1.165, 1.54) is 4.90 Å². The van der Waals surface area contributed by atoms with Gasteiger partial charge in [0, 0.05) is 30.6 Å². The van der Waals surface area contributed by atoms with Crippen LogP contribution in [0.2, 0.25) is 0 Å². The van der Waals surface area contributed by atoms with Gasteiger partial charge in [-0.3, -0.25) is 0 Å². The van der Waals surface area contributed by atoms with E-state index < -0.39 is 12.0 Å². The Bertz CT molecular complexity index is 350. The smallest absolute Gasteiger partial charge is 0.326 e. The summed E-state index contributed by atoms with van der Waals surface area (Å²) in [5.41, 5.74) is 0. The summed E-state index contributed by atoms with van der Waals surface area (Å²) >= 11 is 1.86. The van der Waals surface area contributed by atoms with Gasteiger partial charge in [0.05, 0.1) is 0 Å². The Morgan fingerprint density at radius 2 is 2.00 bits per heavy atom. The number of nitrogens with zero attached hydrogens (tertiary/aromatic N) is 2. The average Bonchev–Trinajstić information content (AvgIpc) is 2.70. The monoisotopic (exact) mass is 272 g/mol. The van der Waals surface area contributed by atoms with Crippen molar-refractivity contribution in [2.75, 3.05) is 25.4 Å². The lowest BCUT2D eigenvalue weighted by atomic mass is 10.0. The maximum absolute atomic E-state index is 12.4. The van der Waals surface area contributed by atoms with Crippen molar-refractivity contribution in [1.29, 1.82) is 0 Å². The highest BCUT2D eigenvalue weighted by Crippen LogP contribution is 2.27. The van der Waals surface area contributed by atoms with Crippen molar-refractivity contribution in [2.45, 2.75) is 31.6 Å². The van der Waals surface area contributed by atoms with Crippen LogP contribution < -0.4 is 0 Å². The van der Waals surface area contributed by atoms with Crippen LogP contribution in [0.25, 0.3) is 0 Å². The highest BCUT2D eigenvalue weighted by atomic mass is 32.2. The highest BCUT2D eigenvalue weighted by molar-refractivity contribution is 7.99. The third-order valence-electron chi connectivity index (χ3n) is 3.71. The predicted molar refractivity (Wildman–Crippen MR) is 70.8 cm³/mol. The molecule has 0 radical (unpaired) electrons. The van der Waals surface area contributed by atoms with Gasteiger partial charge in [0.2, 0.25) is 0 Å². The quantitative estimate of drug-likeness (QED) is 0.782. The van der Waals surface area contributed by atoms with Crippen molar-refractivity contribution in [3.63, 3.8) is 0 Å². The number of urea groups is 1. The average molecular weight is 272 g/mol. The van der Waals surface area contributed by atoms with E-state index in [-0.39, 0.29) is 11.9 Å². The van der Waals surface area contributed by atoms with Crippen LogP contribution in [0.4, 0.5) is 4.79 Å². The zero-order chi connectivity index (χ0) is 13.3. The summed E-state index contributed by atoms with van der Waals surface area (Å²) in [4.78, 5) is 27.0. The molecule has 2 fully saturated rings. The van der Waals surface area contributed by atoms with Gasteiger partial charge < -0.3 is 14.9 Å². The fraction of sp³-hybridized carbons (Fsp3) is 0.833. The first-order valence-electron chi connectivity index (χ1n) is 6.40. The molecule has 0 saturated carbocycles. The molecular weight excluding hydrogens is 252 g/mol. The van der Waals surface area contributed by atoms with Gasteiger partial charge in [-0.05, 0) is 12.3 Å². The summed E-state index contributed by atoms with van der Waals surface area (Å²) in [6, 6.07) is -0.749. The first kappa shape index (κ1) is 13.5. The van der Waals surface area contributed by atoms with Crippen molar-refractivity contribution in [3.05, 3.63) is 0 Å². The number of carboxylic acids is 1. The molecule has 102 valence electrons. The Morgan fingerprint density at radius 3 is 2.61 bits per heavy atom. The largest absolute Gasteiger partial charge is 0.480 e. The van der Waals surface area contributed by atoms with Gasteiger partial charge in [0.25, 0.3) is 0 Å². The van der Waals surface area contributed by atoms with E-state index in [9.17, 15) is 14.7 Å². The molecule has 0 aliphatic carbocycles. The molecule has 0 aromatic carbocycles. The number of hydrogen-bond acceptors (Lipinski definition) is 3. The standard InChI is InChI=1S/C12H20N2O3S/c1-8-3-4-14(10(8)11(15)16)12(17)13-5-6-18-9(2)7-13/h8-10H,3-7H2,1-2H3,(H,15,16). The molecule has 6 heteroatoms. The van der Waals surface area contributed by atoms with Crippen LogP contribution in [0.15, 0.2) is 0 Å². The molecule has 18 heavy (non-hydrogen) atoms. The zero-order valence-corrected chi connectivity index (χ0v) is 11.7. The minimum Gasteiger partial charge on any atom is -0.480 e. The van der Waals surface area contributed by atoms with E-state index in [0.29, 0.717) is 11.8 Å². The van der Waals surface area contributed by atoms with Crippen molar-refractivity contribution in [1.82, 2.24) is 9.80 Å². The predicted octanol–water partition coefficient (Wildman–Crippen LogP) is 1.34. The molecule has 2 aliphatic rings. The fourth-order valence-electron chi connectivity index (χ4n) is 2.71. The van der Waals surface area contributed by atoms with Crippen molar-refractivity contribution in [2.24, 2.45) is 5.92 Å². The Morgan fingerprint density at radius 1 is 1.28 bits per heavy atom. The molecule has 0 aromatic rings. The SMILES string of the molecule is CC1CN(C(=O)N2CCC(C)C2C(=O)O)CCS1. The summed E-state index contributed by atoms with van der Waals surface area (Å²) in [5, 5.41) is 9.67. The molecular formula is C12H20N2O3S. The number of amides is 2. The topological polar surface area (TPSA) is 60.9 Å². The van der Waals surface area contributed by atoms with Crippen LogP contribution in [0.3, 0.4) is 0 Å². The van der Waals surface area contributed by atoms with Crippen LogP contribution in [0.5, 0.6) is 0 Å². The van der Waals surface area contributed by atoms with Gasteiger partial charge in [-0.25, -0.2) is 9.59 Å². The molecule has 0 aromatic heterocycles. The van der Waals surface area contributed by atoms with Crippen LogP contribution in [-0.4, -0.2) is 63.6 Å². The number of hydrogen-bond donors (Lipinski definition) is 1. The minimum absolute atomic E-state index is 0.0445. The highest BCUT2D eigenvalue weighted by Gasteiger charge is 2.41. The van der Waals surface area contributed by atoms with Gasteiger partial charge >= 0.3 is 12.0 Å². The number of thioether (sulfide) groups is 1. The third kappa shape index (κ3) is 2.58. The van der Waals surface area contributed by atoms with E-state index in [0.717, 1.165) is 25.3 Å². The first-order chi connectivity index (χ1) is 8.50. The van der Waals surface area contributed by atoms with E-state index in [1.807, 2.05) is 18.7 Å². The first-order valence-corrected chi connectivity index (χ1v) is 7.45. The normalized spacial score (nSPS) is 32.7. The molecule has 1 N–H and O–H groups in total. The lowest BCUT2D eigenvalue weighted by Gasteiger charge is -2.35. The minimum atomic E-state index is -0.882. The molecule has 2 heterocycles. The zero-order valence-electron chi connectivity index (χ0n) is 10.8. The molecule has 2 rings (SSSR count). The van der Waals surface area contributed by atoms with Gasteiger partial charge in [0.15, 0.2) is 0 Å². The Labute approximate surface area is 112 Å². The number of likely N-dealkylation sites (tertiary alicyclic amines) is 1. The lowest BCUT2D eigenvalue weighted by Crippen LogP contribution is -2.52. The number of aliphatic carboxylic acids is 1. The van der Waals surface area contributed by atoms with Crippen molar-refractivity contribution in [3.8, 4) is 0 Å². The molecule has 2 amide bonds. The lowest BCUT2D eigenvalue weighted by molar-refractivity contribution is -0.142. The summed E-state index contributed by atoms with van der Waals surface area (Å²) in [6.45, 7) is 6.02. The second-order valence-corrected chi connectivity index (χ2v) is 6.70. The Balaban J connectivity index is 2.06. The summed E-state index contributed by atoms with van der Waals surface area (Å²) in [5.74, 6) is 0.101. The second kappa shape index (κ2) is 5.38. The molecule has 0 bridgehead atoms. The Hall–Kier alpha value is -0.910. The third-order valence-corrected chi connectivity index (χ3v) is 4.85. The van der Waals surface area contributed by atoms with Gasteiger partial charge in [-0.2, -0.15) is 11.8 Å². The van der Waals surface area contributed by atoms with Gasteiger partial charge in [0.1, 0.15) is 6.04 Å². The fourth-order valence-corrected chi connectivity index (χ4v) is 3.73. The maximum Gasteiger partial charge on any atom is 0.326 e. The van der Waals surface area contributed by atoms with Crippen LogP contribution in [0.1, 0.15) is 20.3 Å². The number of rotatable bonds is 1. The van der Waals surface area contributed by atoms with E-state index in [2.05, 4.69) is 6.92 Å². The van der Waals surface area contributed by atoms with Gasteiger partial charge in [-0.15, -0.1) is 0 Å². The molecule has 2 saturated heterocycles. The number of carbonyl (C=O) groups excluding carboxylic acids is 1. The maximum atomic E-state index is 12.4. The molecule has 0 spiro atoms. The van der Waals surface area contributed by atoms with Crippen LogP contribution in [0, 0.1) is 5.92 Å². The van der Waals surface area contributed by atoms with Crippen molar-refractivity contribution < 1.29 is 14.7 Å². The summed E-state index contributed by atoms with van der Waals surface area (Å²) < 4.78 is 0. The molecule has 2 aliphatic heterocycles. The second-order valence-electron chi connectivity index (χ2n) is 5.15. The summed E-state index contributed by atoms with van der Waals surface area (Å²) in [6.07, 6.45) is 0.779. The van der Waals surface area contributed by atoms with Gasteiger partial charge in [-0.1, -0.05) is 13.8 Å². The molecule has 3 atom stereocenters. The van der Waals surface area contributed by atoms with E-state index in [1.54, 1.807) is 4.90 Å². The molecule has 3 unspecified atom stereocenters.